The Bertz CT molecular complexity index is 759. The molecular formula is C21H26N2O2. The molecule has 1 N–H and O–H groups in total. The van der Waals surface area contributed by atoms with Crippen LogP contribution < -0.4 is 10.1 Å². The maximum atomic E-state index is 13.0. The van der Waals surface area contributed by atoms with E-state index in [9.17, 15) is 4.79 Å². The van der Waals surface area contributed by atoms with E-state index in [1.54, 1.807) is 0 Å². The van der Waals surface area contributed by atoms with Gasteiger partial charge in [0, 0.05) is 17.8 Å². The quantitative estimate of drug-likeness (QED) is 0.781. The SMILES string of the molecule is CCCCOc1cccc(C2(C)Nc3ccccc3C(=O)N2CC)c1. The summed E-state index contributed by atoms with van der Waals surface area (Å²) < 4.78 is 5.86. The summed E-state index contributed by atoms with van der Waals surface area (Å²) in [5.74, 6) is 0.896. The molecule has 1 amide bonds. The largest absolute Gasteiger partial charge is 0.494 e. The van der Waals surface area contributed by atoms with Gasteiger partial charge in [-0.05, 0) is 44.5 Å². The molecule has 4 nitrogen and oxygen atoms in total. The third kappa shape index (κ3) is 3.21. The van der Waals surface area contributed by atoms with Crippen molar-refractivity contribution in [2.24, 2.45) is 0 Å². The molecule has 1 heterocycles. The Morgan fingerprint density at radius 1 is 1.12 bits per heavy atom. The molecule has 1 unspecified atom stereocenters. The molecule has 0 aromatic heterocycles. The number of ether oxygens (including phenoxy) is 1. The van der Waals surface area contributed by atoms with E-state index in [0.29, 0.717) is 13.2 Å². The highest BCUT2D eigenvalue weighted by Crippen LogP contribution is 2.38. The summed E-state index contributed by atoms with van der Waals surface area (Å²) in [6, 6.07) is 15.7. The van der Waals surface area contributed by atoms with Crippen LogP contribution in [0.15, 0.2) is 48.5 Å². The first-order valence-corrected chi connectivity index (χ1v) is 9.02. The van der Waals surface area contributed by atoms with E-state index in [2.05, 4.69) is 19.2 Å². The van der Waals surface area contributed by atoms with Gasteiger partial charge < -0.3 is 15.0 Å². The summed E-state index contributed by atoms with van der Waals surface area (Å²) in [5.41, 5.74) is 2.00. The molecule has 0 spiro atoms. The van der Waals surface area contributed by atoms with Crippen LogP contribution in [-0.4, -0.2) is 24.0 Å². The molecule has 4 heteroatoms. The second-order valence-electron chi connectivity index (χ2n) is 6.52. The number of fused-ring (bicyclic) bond motifs is 1. The Hall–Kier alpha value is -2.49. The fourth-order valence-electron chi connectivity index (χ4n) is 3.37. The second kappa shape index (κ2) is 7.18. The molecule has 0 fully saturated rings. The molecule has 0 bridgehead atoms. The van der Waals surface area contributed by atoms with Crippen molar-refractivity contribution in [3.05, 3.63) is 59.7 Å². The van der Waals surface area contributed by atoms with Gasteiger partial charge in [0.2, 0.25) is 0 Å². The van der Waals surface area contributed by atoms with Crippen LogP contribution >= 0.6 is 0 Å². The summed E-state index contributed by atoms with van der Waals surface area (Å²) in [5, 5.41) is 3.57. The molecule has 0 aliphatic carbocycles. The normalized spacial score (nSPS) is 19.3. The zero-order valence-corrected chi connectivity index (χ0v) is 15.2. The lowest BCUT2D eigenvalue weighted by molar-refractivity contribution is 0.0552. The standard InChI is InChI=1S/C21H26N2O2/c1-4-6-14-25-17-11-9-10-16(15-17)21(3)22-19-13-8-7-12-18(19)20(24)23(21)5-2/h7-13,15,22H,4-6,14H2,1-3H3. The molecule has 0 radical (unpaired) electrons. The Balaban J connectivity index is 1.97. The third-order valence-electron chi connectivity index (χ3n) is 4.80. The maximum absolute atomic E-state index is 13.0. The van der Waals surface area contributed by atoms with Gasteiger partial charge in [0.25, 0.3) is 5.91 Å². The van der Waals surface area contributed by atoms with Gasteiger partial charge in [0.15, 0.2) is 0 Å². The number of anilines is 1. The number of hydrogen-bond acceptors (Lipinski definition) is 3. The molecule has 2 aromatic rings. The summed E-state index contributed by atoms with van der Waals surface area (Å²) >= 11 is 0. The summed E-state index contributed by atoms with van der Waals surface area (Å²) in [6.45, 7) is 7.54. The molecule has 0 saturated heterocycles. The van der Waals surface area contributed by atoms with Crippen molar-refractivity contribution >= 4 is 11.6 Å². The van der Waals surface area contributed by atoms with Crippen molar-refractivity contribution in [2.45, 2.75) is 39.3 Å². The lowest BCUT2D eigenvalue weighted by atomic mass is 9.93. The van der Waals surface area contributed by atoms with E-state index >= 15 is 0 Å². The Morgan fingerprint density at radius 2 is 1.92 bits per heavy atom. The van der Waals surface area contributed by atoms with Gasteiger partial charge in [-0.1, -0.05) is 37.6 Å². The Kier molecular flexibility index (Phi) is 4.98. The molecule has 2 aromatic carbocycles. The number of nitrogens with zero attached hydrogens (tertiary/aromatic N) is 1. The summed E-state index contributed by atoms with van der Waals surface area (Å²) in [7, 11) is 0. The van der Waals surface area contributed by atoms with Crippen LogP contribution in [0.2, 0.25) is 0 Å². The number of benzene rings is 2. The summed E-state index contributed by atoms with van der Waals surface area (Å²) in [6.07, 6.45) is 2.14. The lowest BCUT2D eigenvalue weighted by Gasteiger charge is -2.46. The van der Waals surface area contributed by atoms with Gasteiger partial charge in [-0.15, -0.1) is 0 Å². The van der Waals surface area contributed by atoms with Crippen LogP contribution in [-0.2, 0) is 5.66 Å². The van der Waals surface area contributed by atoms with Crippen molar-refractivity contribution in [2.75, 3.05) is 18.5 Å². The molecule has 132 valence electrons. The van der Waals surface area contributed by atoms with Crippen LogP contribution in [0, 0.1) is 0 Å². The molecule has 3 rings (SSSR count). The molecule has 0 saturated carbocycles. The summed E-state index contributed by atoms with van der Waals surface area (Å²) in [4.78, 5) is 14.9. The minimum absolute atomic E-state index is 0.0525. The van der Waals surface area contributed by atoms with Crippen molar-refractivity contribution in [1.82, 2.24) is 4.90 Å². The van der Waals surface area contributed by atoms with Crippen LogP contribution in [0.4, 0.5) is 5.69 Å². The average molecular weight is 338 g/mol. The van der Waals surface area contributed by atoms with Gasteiger partial charge >= 0.3 is 0 Å². The van der Waals surface area contributed by atoms with Crippen molar-refractivity contribution in [3.63, 3.8) is 0 Å². The minimum atomic E-state index is -0.607. The predicted octanol–water partition coefficient (Wildman–Crippen LogP) is 4.63. The molecular weight excluding hydrogens is 312 g/mol. The Morgan fingerprint density at radius 3 is 2.68 bits per heavy atom. The Labute approximate surface area is 149 Å². The number of hydrogen-bond donors (Lipinski definition) is 1. The highest BCUT2D eigenvalue weighted by molar-refractivity contribution is 6.02. The smallest absolute Gasteiger partial charge is 0.258 e. The molecule has 25 heavy (non-hydrogen) atoms. The van der Waals surface area contributed by atoms with E-state index in [0.717, 1.165) is 35.4 Å². The third-order valence-corrected chi connectivity index (χ3v) is 4.80. The average Bonchev–Trinajstić information content (AvgIpc) is 2.62. The highest BCUT2D eigenvalue weighted by Gasteiger charge is 2.41. The number of para-hydroxylation sites is 1. The molecule has 1 aliphatic rings. The zero-order valence-electron chi connectivity index (χ0n) is 15.2. The first-order valence-electron chi connectivity index (χ1n) is 9.02. The van der Waals surface area contributed by atoms with E-state index in [4.69, 9.17) is 4.74 Å². The molecule has 1 aliphatic heterocycles. The van der Waals surface area contributed by atoms with Gasteiger partial charge in [-0.25, -0.2) is 0 Å². The number of rotatable bonds is 6. The van der Waals surface area contributed by atoms with Crippen LogP contribution in [0.3, 0.4) is 0 Å². The predicted molar refractivity (Wildman–Crippen MR) is 101 cm³/mol. The van der Waals surface area contributed by atoms with Crippen LogP contribution in [0.1, 0.15) is 49.5 Å². The fourth-order valence-corrected chi connectivity index (χ4v) is 3.37. The van der Waals surface area contributed by atoms with Gasteiger partial charge in [-0.2, -0.15) is 0 Å². The number of carbonyl (C=O) groups is 1. The zero-order chi connectivity index (χ0) is 17.9. The number of unbranched alkanes of at least 4 members (excludes halogenated alkanes) is 1. The number of carbonyl (C=O) groups excluding carboxylic acids is 1. The second-order valence-corrected chi connectivity index (χ2v) is 6.52. The van der Waals surface area contributed by atoms with Crippen molar-refractivity contribution in [1.29, 1.82) is 0 Å². The maximum Gasteiger partial charge on any atom is 0.258 e. The lowest BCUT2D eigenvalue weighted by Crippen LogP contribution is -2.55. The number of amides is 1. The van der Waals surface area contributed by atoms with Gasteiger partial charge in [-0.3, -0.25) is 4.79 Å². The van der Waals surface area contributed by atoms with Crippen LogP contribution in [0.5, 0.6) is 5.75 Å². The van der Waals surface area contributed by atoms with Gasteiger partial charge in [0.1, 0.15) is 11.4 Å². The van der Waals surface area contributed by atoms with Gasteiger partial charge in [0.05, 0.1) is 12.2 Å². The van der Waals surface area contributed by atoms with E-state index < -0.39 is 5.66 Å². The number of nitrogens with one attached hydrogen (secondary N) is 1. The minimum Gasteiger partial charge on any atom is -0.494 e. The first kappa shape index (κ1) is 17.3. The monoisotopic (exact) mass is 338 g/mol. The van der Waals surface area contributed by atoms with Crippen molar-refractivity contribution in [3.8, 4) is 5.75 Å². The fraction of sp³-hybridized carbons (Fsp3) is 0.381. The first-order chi connectivity index (χ1) is 12.1. The van der Waals surface area contributed by atoms with E-state index in [1.165, 1.54) is 0 Å². The van der Waals surface area contributed by atoms with E-state index in [-0.39, 0.29) is 5.91 Å². The molecule has 1 atom stereocenters. The van der Waals surface area contributed by atoms with Crippen molar-refractivity contribution < 1.29 is 9.53 Å². The van der Waals surface area contributed by atoms with Crippen LogP contribution in [0.25, 0.3) is 0 Å². The van der Waals surface area contributed by atoms with E-state index in [1.807, 2.05) is 60.4 Å². The highest BCUT2D eigenvalue weighted by atomic mass is 16.5. The topological polar surface area (TPSA) is 41.6 Å².